The molecule has 1 atom stereocenters. The maximum Gasteiger partial charge on any atom is 0.00136 e. The van der Waals surface area contributed by atoms with E-state index in [2.05, 4.69) is 25.7 Å². The second kappa shape index (κ2) is 6.41. The highest BCUT2D eigenvalue weighted by Gasteiger charge is 2.07. The van der Waals surface area contributed by atoms with Gasteiger partial charge in [0.05, 0.1) is 0 Å². The third-order valence-corrected chi connectivity index (χ3v) is 2.09. The summed E-state index contributed by atoms with van der Waals surface area (Å²) in [7, 11) is 2.00. The average Bonchev–Trinajstić information content (AvgIpc) is 2.00. The molecule has 0 saturated carbocycles. The topological polar surface area (TPSA) is 12.0 Å². The second-order valence-corrected chi connectivity index (χ2v) is 3.07. The van der Waals surface area contributed by atoms with E-state index in [1.54, 1.807) is 0 Å². The van der Waals surface area contributed by atoms with Gasteiger partial charge in [0.2, 0.25) is 0 Å². The van der Waals surface area contributed by atoms with Gasteiger partial charge in [-0.1, -0.05) is 32.4 Å². The molecule has 66 valence electrons. The van der Waals surface area contributed by atoms with Crippen LogP contribution in [0.1, 0.15) is 33.1 Å². The van der Waals surface area contributed by atoms with E-state index >= 15 is 0 Å². The lowest BCUT2D eigenvalue weighted by Crippen LogP contribution is -2.19. The molecule has 0 saturated heterocycles. The quantitative estimate of drug-likeness (QED) is 0.581. The summed E-state index contributed by atoms with van der Waals surface area (Å²) in [6.07, 6.45) is 3.61. The van der Waals surface area contributed by atoms with E-state index in [0.29, 0.717) is 5.92 Å². The van der Waals surface area contributed by atoms with Gasteiger partial charge < -0.3 is 5.32 Å². The first-order valence-corrected chi connectivity index (χ1v) is 4.58. The van der Waals surface area contributed by atoms with Gasteiger partial charge in [0.1, 0.15) is 0 Å². The normalized spacial score (nSPS) is 13.0. The number of hydrogen-bond donors (Lipinski definition) is 1. The zero-order chi connectivity index (χ0) is 8.69. The van der Waals surface area contributed by atoms with E-state index in [9.17, 15) is 0 Å². The molecule has 0 spiro atoms. The molecule has 0 heterocycles. The van der Waals surface area contributed by atoms with Crippen LogP contribution in [-0.4, -0.2) is 13.6 Å². The molecule has 0 aromatic heterocycles. The summed E-state index contributed by atoms with van der Waals surface area (Å²) < 4.78 is 0. The summed E-state index contributed by atoms with van der Waals surface area (Å²) in [6, 6.07) is 0. The Bertz CT molecular complexity index is 107. The highest BCUT2D eigenvalue weighted by Crippen LogP contribution is 2.16. The van der Waals surface area contributed by atoms with Crippen molar-refractivity contribution in [1.82, 2.24) is 5.32 Å². The van der Waals surface area contributed by atoms with Gasteiger partial charge in [0.25, 0.3) is 0 Å². The standard InChI is InChI=1S/C10H21N/c1-5-7-9(3)10(6-2)8-11-4/h10-11H,3,5-8H2,1-2,4H3. The van der Waals surface area contributed by atoms with E-state index < -0.39 is 0 Å². The maximum absolute atomic E-state index is 4.09. The minimum Gasteiger partial charge on any atom is -0.319 e. The van der Waals surface area contributed by atoms with Crippen LogP contribution >= 0.6 is 0 Å². The van der Waals surface area contributed by atoms with E-state index in [1.807, 2.05) is 7.05 Å². The highest BCUT2D eigenvalue weighted by atomic mass is 14.8. The zero-order valence-electron chi connectivity index (χ0n) is 8.11. The Morgan fingerprint density at radius 3 is 2.45 bits per heavy atom. The molecule has 11 heavy (non-hydrogen) atoms. The van der Waals surface area contributed by atoms with Crippen molar-refractivity contribution in [3.05, 3.63) is 12.2 Å². The minimum absolute atomic E-state index is 0.681. The molecule has 1 N–H and O–H groups in total. The fourth-order valence-electron chi connectivity index (χ4n) is 1.35. The first-order valence-electron chi connectivity index (χ1n) is 4.58. The number of hydrogen-bond acceptors (Lipinski definition) is 1. The predicted octanol–water partition coefficient (Wildman–Crippen LogP) is 2.59. The van der Waals surface area contributed by atoms with Crippen molar-refractivity contribution in [2.75, 3.05) is 13.6 Å². The molecular weight excluding hydrogens is 134 g/mol. The summed E-state index contributed by atoms with van der Waals surface area (Å²) in [4.78, 5) is 0. The van der Waals surface area contributed by atoms with Crippen molar-refractivity contribution in [2.24, 2.45) is 5.92 Å². The fourth-order valence-corrected chi connectivity index (χ4v) is 1.35. The predicted molar refractivity (Wildman–Crippen MR) is 51.8 cm³/mol. The SMILES string of the molecule is C=C(CCC)C(CC)CNC. The van der Waals surface area contributed by atoms with Crippen molar-refractivity contribution < 1.29 is 0 Å². The van der Waals surface area contributed by atoms with Gasteiger partial charge in [-0.25, -0.2) is 0 Å². The summed E-state index contributed by atoms with van der Waals surface area (Å²) in [6.45, 7) is 9.60. The number of rotatable bonds is 6. The van der Waals surface area contributed by atoms with Gasteiger partial charge in [-0.3, -0.25) is 0 Å². The van der Waals surface area contributed by atoms with Crippen LogP contribution in [0.5, 0.6) is 0 Å². The molecule has 0 aromatic rings. The Balaban J connectivity index is 3.71. The average molecular weight is 155 g/mol. The Morgan fingerprint density at radius 1 is 1.45 bits per heavy atom. The van der Waals surface area contributed by atoms with Gasteiger partial charge in [0.15, 0.2) is 0 Å². The Kier molecular flexibility index (Phi) is 6.24. The molecule has 0 aliphatic rings. The Labute approximate surface area is 70.9 Å². The third-order valence-electron chi connectivity index (χ3n) is 2.09. The molecule has 0 amide bonds. The van der Waals surface area contributed by atoms with Crippen LogP contribution in [0.4, 0.5) is 0 Å². The zero-order valence-corrected chi connectivity index (χ0v) is 8.11. The van der Waals surface area contributed by atoms with Crippen LogP contribution in [0.2, 0.25) is 0 Å². The molecule has 1 nitrogen and oxygen atoms in total. The van der Waals surface area contributed by atoms with Crippen LogP contribution in [-0.2, 0) is 0 Å². The minimum atomic E-state index is 0.681. The van der Waals surface area contributed by atoms with Crippen LogP contribution in [0, 0.1) is 5.92 Å². The van der Waals surface area contributed by atoms with E-state index in [-0.39, 0.29) is 0 Å². The lowest BCUT2D eigenvalue weighted by molar-refractivity contribution is 0.534. The highest BCUT2D eigenvalue weighted by molar-refractivity contribution is 5.00. The fraction of sp³-hybridized carbons (Fsp3) is 0.800. The molecule has 0 fully saturated rings. The van der Waals surface area contributed by atoms with Crippen molar-refractivity contribution >= 4 is 0 Å². The second-order valence-electron chi connectivity index (χ2n) is 3.07. The largest absolute Gasteiger partial charge is 0.319 e. The lowest BCUT2D eigenvalue weighted by Gasteiger charge is -2.16. The van der Waals surface area contributed by atoms with Crippen molar-refractivity contribution in [1.29, 1.82) is 0 Å². The Hall–Kier alpha value is -0.300. The molecule has 0 rings (SSSR count). The first-order chi connectivity index (χ1) is 5.26. The molecular formula is C10H21N. The van der Waals surface area contributed by atoms with Gasteiger partial charge in [-0.2, -0.15) is 0 Å². The summed E-state index contributed by atoms with van der Waals surface area (Å²) in [5, 5.41) is 3.20. The number of nitrogens with one attached hydrogen (secondary N) is 1. The smallest absolute Gasteiger partial charge is 0.00136 e. The van der Waals surface area contributed by atoms with Crippen LogP contribution in [0.15, 0.2) is 12.2 Å². The molecule has 1 heteroatoms. The molecule has 0 aromatic carbocycles. The van der Waals surface area contributed by atoms with Crippen molar-refractivity contribution in [2.45, 2.75) is 33.1 Å². The van der Waals surface area contributed by atoms with E-state index in [0.717, 1.165) is 6.54 Å². The van der Waals surface area contributed by atoms with E-state index in [4.69, 9.17) is 0 Å². The van der Waals surface area contributed by atoms with Crippen LogP contribution in [0.3, 0.4) is 0 Å². The molecule has 0 aliphatic heterocycles. The van der Waals surface area contributed by atoms with Crippen LogP contribution in [0.25, 0.3) is 0 Å². The lowest BCUT2D eigenvalue weighted by atomic mass is 9.94. The van der Waals surface area contributed by atoms with Gasteiger partial charge in [-0.15, -0.1) is 0 Å². The summed E-state index contributed by atoms with van der Waals surface area (Å²) in [5.41, 5.74) is 1.41. The summed E-state index contributed by atoms with van der Waals surface area (Å²) >= 11 is 0. The van der Waals surface area contributed by atoms with Crippen molar-refractivity contribution in [3.8, 4) is 0 Å². The van der Waals surface area contributed by atoms with Gasteiger partial charge >= 0.3 is 0 Å². The van der Waals surface area contributed by atoms with Crippen LogP contribution < -0.4 is 5.32 Å². The van der Waals surface area contributed by atoms with Gasteiger partial charge in [-0.05, 0) is 25.8 Å². The van der Waals surface area contributed by atoms with Gasteiger partial charge in [0, 0.05) is 6.54 Å². The summed E-state index contributed by atoms with van der Waals surface area (Å²) in [5.74, 6) is 0.681. The first kappa shape index (κ1) is 10.7. The molecule has 0 aliphatic carbocycles. The van der Waals surface area contributed by atoms with E-state index in [1.165, 1.54) is 24.8 Å². The molecule has 0 radical (unpaired) electrons. The Morgan fingerprint density at radius 2 is 2.09 bits per heavy atom. The molecule has 1 unspecified atom stereocenters. The third kappa shape index (κ3) is 4.20. The monoisotopic (exact) mass is 155 g/mol. The van der Waals surface area contributed by atoms with Crippen molar-refractivity contribution in [3.63, 3.8) is 0 Å². The molecule has 0 bridgehead atoms. The maximum atomic E-state index is 4.09.